The maximum atomic E-state index is 11.1. The quantitative estimate of drug-likeness (QED) is 0.126. The zero-order valence-corrected chi connectivity index (χ0v) is 22.1. The van der Waals surface area contributed by atoms with E-state index < -0.39 is 49.2 Å². The predicted molar refractivity (Wildman–Crippen MR) is 136 cm³/mol. The number of unbranched alkanes of at least 4 members (excludes halogenated alkanes) is 15. The number of aliphatic hydroxyl groups excluding tert-OH is 3. The third kappa shape index (κ3) is 12.7. The molecular formula is C27H52O8. The van der Waals surface area contributed by atoms with E-state index in [-0.39, 0.29) is 0 Å². The largest absolute Gasteiger partial charge is 0.506 e. The fourth-order valence-corrected chi connectivity index (χ4v) is 5.08. The molecule has 1 aliphatic rings. The first-order chi connectivity index (χ1) is 17.0. The van der Waals surface area contributed by atoms with Gasteiger partial charge in [-0.1, -0.05) is 103 Å². The summed E-state index contributed by atoms with van der Waals surface area (Å²) in [5.41, 5.74) is 0. The second kappa shape index (κ2) is 20.2. The van der Waals surface area contributed by atoms with Gasteiger partial charge in [0.15, 0.2) is 0 Å². The summed E-state index contributed by atoms with van der Waals surface area (Å²) in [6.07, 6.45) is 13.2. The van der Waals surface area contributed by atoms with Gasteiger partial charge in [-0.15, -0.1) is 0 Å². The van der Waals surface area contributed by atoms with Crippen molar-refractivity contribution in [3.8, 4) is 0 Å². The summed E-state index contributed by atoms with van der Waals surface area (Å²) in [6, 6.07) is 0. The number of rotatable bonds is 21. The maximum Gasteiger partial charge on any atom is 0.506 e. The lowest BCUT2D eigenvalue weighted by Crippen LogP contribution is -2.64. The van der Waals surface area contributed by atoms with Crippen molar-refractivity contribution in [2.75, 3.05) is 20.3 Å². The Morgan fingerprint density at radius 1 is 0.686 bits per heavy atom. The lowest BCUT2D eigenvalue weighted by molar-refractivity contribution is -0.232. The molecule has 8 nitrogen and oxygen atoms in total. The number of hydrogen-bond acceptors (Lipinski definition) is 7. The van der Waals surface area contributed by atoms with Crippen molar-refractivity contribution in [2.24, 2.45) is 5.92 Å². The van der Waals surface area contributed by atoms with E-state index >= 15 is 0 Å². The third-order valence-corrected chi connectivity index (χ3v) is 7.22. The highest BCUT2D eigenvalue weighted by Crippen LogP contribution is 2.32. The van der Waals surface area contributed by atoms with Gasteiger partial charge in [-0.2, -0.15) is 0 Å². The van der Waals surface area contributed by atoms with Gasteiger partial charge in [0.25, 0.3) is 0 Å². The van der Waals surface area contributed by atoms with Crippen LogP contribution in [0.2, 0.25) is 0 Å². The minimum Gasteiger partial charge on any atom is -0.450 e. The van der Waals surface area contributed by atoms with Crippen LogP contribution in [-0.2, 0) is 14.2 Å². The lowest BCUT2D eigenvalue weighted by Gasteiger charge is -2.45. The molecule has 0 unspecified atom stereocenters. The monoisotopic (exact) mass is 504 g/mol. The van der Waals surface area contributed by atoms with E-state index in [1.807, 2.05) is 0 Å². The number of carboxylic acid groups (broad SMARTS) is 1. The molecule has 0 aromatic rings. The number of methoxy groups -OCH3 is 1. The van der Waals surface area contributed by atoms with Crippen molar-refractivity contribution in [1.29, 1.82) is 0 Å². The van der Waals surface area contributed by atoms with Crippen LogP contribution in [-0.4, -0.2) is 77.4 Å². The first-order valence-electron chi connectivity index (χ1n) is 14.0. The van der Waals surface area contributed by atoms with Crippen LogP contribution in [0.15, 0.2) is 0 Å². The van der Waals surface area contributed by atoms with Gasteiger partial charge in [0.2, 0.25) is 0 Å². The Morgan fingerprint density at radius 3 is 1.54 bits per heavy atom. The van der Waals surface area contributed by atoms with Crippen molar-refractivity contribution >= 4 is 6.16 Å². The summed E-state index contributed by atoms with van der Waals surface area (Å²) < 4.78 is 16.0. The van der Waals surface area contributed by atoms with Crippen LogP contribution in [0.3, 0.4) is 0 Å². The van der Waals surface area contributed by atoms with Crippen LogP contribution in [0.25, 0.3) is 0 Å². The van der Waals surface area contributed by atoms with Crippen molar-refractivity contribution < 1.29 is 39.4 Å². The average molecular weight is 505 g/mol. The Balaban J connectivity index is 2.12. The molecule has 0 aromatic carbocycles. The van der Waals surface area contributed by atoms with Gasteiger partial charge >= 0.3 is 6.16 Å². The molecule has 1 fully saturated rings. The minimum absolute atomic E-state index is 0.371. The molecule has 8 heteroatoms. The van der Waals surface area contributed by atoms with Crippen LogP contribution >= 0.6 is 0 Å². The highest BCUT2D eigenvalue weighted by atomic mass is 16.7. The normalized spacial score (nSPS) is 26.7. The predicted octanol–water partition coefficient (Wildman–Crippen LogP) is 5.06. The van der Waals surface area contributed by atoms with Crippen LogP contribution in [0, 0.1) is 5.92 Å². The van der Waals surface area contributed by atoms with Gasteiger partial charge < -0.3 is 34.6 Å². The fraction of sp³-hybridized carbons (Fsp3) is 0.963. The Hall–Kier alpha value is -0.930. The van der Waals surface area contributed by atoms with Gasteiger partial charge in [0, 0.05) is 13.7 Å². The molecule has 1 aliphatic carbocycles. The first kappa shape index (κ1) is 32.1. The van der Waals surface area contributed by atoms with E-state index in [1.54, 1.807) is 0 Å². The van der Waals surface area contributed by atoms with Crippen molar-refractivity contribution in [3.63, 3.8) is 0 Å². The Bertz CT molecular complexity index is 517. The van der Waals surface area contributed by atoms with E-state index in [0.717, 1.165) is 19.3 Å². The maximum absolute atomic E-state index is 11.1. The van der Waals surface area contributed by atoms with E-state index in [1.165, 1.54) is 90.6 Å². The van der Waals surface area contributed by atoms with Crippen molar-refractivity contribution in [2.45, 2.75) is 140 Å². The average Bonchev–Trinajstić information content (AvgIpc) is 2.84. The van der Waals surface area contributed by atoms with E-state index in [0.29, 0.717) is 6.61 Å². The SMILES string of the molecule is CCCCCCCCCCCCCCCCCCO[C@H]1[C@H](O)[C@@H](O)[C@@H](CO)[C@H](OC(=O)O)[C@@H]1OC. The first-order valence-corrected chi connectivity index (χ1v) is 14.0. The molecule has 0 amide bonds. The van der Waals surface area contributed by atoms with Gasteiger partial charge in [-0.3, -0.25) is 0 Å². The molecule has 0 radical (unpaired) electrons. The third-order valence-electron chi connectivity index (χ3n) is 7.22. The molecular weight excluding hydrogens is 452 g/mol. The summed E-state index contributed by atoms with van der Waals surface area (Å²) in [5.74, 6) is -0.985. The number of hydrogen-bond donors (Lipinski definition) is 4. The molecule has 4 N–H and O–H groups in total. The van der Waals surface area contributed by atoms with Gasteiger partial charge in [-0.25, -0.2) is 4.79 Å². The number of carbonyl (C=O) groups is 1. The zero-order chi connectivity index (χ0) is 25.9. The Labute approximate surface area is 212 Å². The molecule has 35 heavy (non-hydrogen) atoms. The topological polar surface area (TPSA) is 126 Å². The number of aliphatic hydroxyl groups is 3. The molecule has 0 saturated heterocycles. The lowest BCUT2D eigenvalue weighted by atomic mass is 9.78. The Kier molecular flexibility index (Phi) is 18.5. The van der Waals surface area contributed by atoms with Crippen LogP contribution < -0.4 is 0 Å². The summed E-state index contributed by atoms with van der Waals surface area (Å²) >= 11 is 0. The summed E-state index contributed by atoms with van der Waals surface area (Å²) in [7, 11) is 1.37. The van der Waals surface area contributed by atoms with E-state index in [2.05, 4.69) is 6.92 Å². The molecule has 1 rings (SSSR count). The highest BCUT2D eigenvalue weighted by molar-refractivity contribution is 5.57. The van der Waals surface area contributed by atoms with Crippen LogP contribution in [0.5, 0.6) is 0 Å². The molecule has 0 aliphatic heterocycles. The van der Waals surface area contributed by atoms with Gasteiger partial charge in [0.05, 0.1) is 18.6 Å². The van der Waals surface area contributed by atoms with Gasteiger partial charge in [-0.05, 0) is 6.42 Å². The number of ether oxygens (including phenoxy) is 3. The van der Waals surface area contributed by atoms with Crippen molar-refractivity contribution in [1.82, 2.24) is 0 Å². The van der Waals surface area contributed by atoms with Gasteiger partial charge in [0.1, 0.15) is 24.4 Å². The molecule has 0 heterocycles. The van der Waals surface area contributed by atoms with E-state index in [9.17, 15) is 20.1 Å². The van der Waals surface area contributed by atoms with Crippen molar-refractivity contribution in [3.05, 3.63) is 0 Å². The zero-order valence-electron chi connectivity index (χ0n) is 22.1. The smallest absolute Gasteiger partial charge is 0.450 e. The van der Waals surface area contributed by atoms with Crippen LogP contribution in [0.4, 0.5) is 4.79 Å². The molecule has 0 aromatic heterocycles. The van der Waals surface area contributed by atoms with Crippen LogP contribution in [0.1, 0.15) is 110 Å². The molecule has 6 atom stereocenters. The molecule has 208 valence electrons. The molecule has 0 bridgehead atoms. The Morgan fingerprint density at radius 2 is 1.14 bits per heavy atom. The summed E-state index contributed by atoms with van der Waals surface area (Å²) in [4.78, 5) is 11.1. The second-order valence-electron chi connectivity index (χ2n) is 10.0. The summed E-state index contributed by atoms with van der Waals surface area (Å²) in [6.45, 7) is 2.09. The van der Waals surface area contributed by atoms with E-state index in [4.69, 9.17) is 19.3 Å². The fourth-order valence-electron chi connectivity index (χ4n) is 5.08. The highest BCUT2D eigenvalue weighted by Gasteiger charge is 2.52. The standard InChI is InChI=1S/C27H52O8/c1-3-4-5-6-7-8-9-10-11-12-13-14-15-16-17-18-19-34-25-23(30)22(29)21(20-28)24(26(25)33-2)35-27(31)32/h21-26,28-30H,3-20H2,1-2H3,(H,31,32)/t21-,22+,23-,24+,25+,26+/m1/s1. The second-order valence-corrected chi connectivity index (χ2v) is 10.0. The molecule has 0 spiro atoms. The summed E-state index contributed by atoms with van der Waals surface area (Å²) in [5, 5.41) is 39.4. The molecule has 1 saturated carbocycles. The minimum atomic E-state index is -1.53.